The number of aliphatic hydroxyl groups excluding tert-OH is 3. The molecule has 4 saturated carbocycles. The molecule has 1 heterocycles. The van der Waals surface area contributed by atoms with Gasteiger partial charge in [0.15, 0.2) is 0 Å². The molecule has 6 nitrogen and oxygen atoms in total. The van der Waals surface area contributed by atoms with Gasteiger partial charge in [0.2, 0.25) is 6.29 Å². The van der Waals surface area contributed by atoms with Crippen molar-refractivity contribution in [3.63, 3.8) is 0 Å². The van der Waals surface area contributed by atoms with Crippen LogP contribution in [0.2, 0.25) is 0 Å². The topological polar surface area (TPSA) is 88.4 Å². The quantitative estimate of drug-likeness (QED) is 0.622. The Morgan fingerprint density at radius 3 is 2.26 bits per heavy atom. The zero-order chi connectivity index (χ0) is 21.7. The Balaban J connectivity index is 1.40. The predicted octanol–water partition coefficient (Wildman–Crippen LogP) is 3.10. The van der Waals surface area contributed by atoms with Crippen LogP contribution < -0.4 is 4.74 Å². The number of hydrogen-bond donors (Lipinski definition) is 3. The Bertz CT molecular complexity index is 803. The smallest absolute Gasteiger partial charge is 0.229 e. The molecule has 0 aromatic heterocycles. The van der Waals surface area contributed by atoms with E-state index in [1.54, 1.807) is 7.11 Å². The van der Waals surface area contributed by atoms with Crippen LogP contribution in [0.15, 0.2) is 29.8 Å². The second-order valence-corrected chi connectivity index (χ2v) is 9.86. The minimum absolute atomic E-state index is 0.509. The minimum atomic E-state index is -1.33. The summed E-state index contributed by atoms with van der Waals surface area (Å²) in [6.45, 7) is 1.86. The van der Waals surface area contributed by atoms with E-state index < -0.39 is 30.7 Å². The van der Waals surface area contributed by atoms with Crippen LogP contribution in [0, 0.1) is 23.7 Å². The summed E-state index contributed by atoms with van der Waals surface area (Å²) in [7, 11) is 1.75. The predicted molar refractivity (Wildman–Crippen MR) is 115 cm³/mol. The summed E-state index contributed by atoms with van der Waals surface area (Å²) in [5.41, 5.74) is 2.45. The van der Waals surface area contributed by atoms with Crippen molar-refractivity contribution in [1.82, 2.24) is 0 Å². The van der Waals surface area contributed by atoms with Crippen molar-refractivity contribution in [2.45, 2.75) is 76.2 Å². The van der Waals surface area contributed by atoms with Crippen LogP contribution in [0.4, 0.5) is 0 Å². The van der Waals surface area contributed by atoms with Gasteiger partial charge >= 0.3 is 0 Å². The first-order valence-electron chi connectivity index (χ1n) is 11.7. The fourth-order valence-corrected chi connectivity index (χ4v) is 6.66. The number of rotatable bonds is 5. The zero-order valence-electron chi connectivity index (χ0n) is 18.3. The van der Waals surface area contributed by atoms with Gasteiger partial charge in [0.05, 0.1) is 13.2 Å². The molecule has 5 fully saturated rings. The van der Waals surface area contributed by atoms with Crippen molar-refractivity contribution >= 4 is 5.76 Å². The maximum Gasteiger partial charge on any atom is 0.229 e. The monoisotopic (exact) mass is 430 g/mol. The molecule has 0 amide bonds. The van der Waals surface area contributed by atoms with Gasteiger partial charge in [-0.05, 0) is 79.9 Å². The molecule has 4 bridgehead atoms. The van der Waals surface area contributed by atoms with E-state index in [-0.39, 0.29) is 0 Å². The lowest BCUT2D eigenvalue weighted by Gasteiger charge is -2.51. The third-order valence-corrected chi connectivity index (χ3v) is 7.90. The lowest BCUT2D eigenvalue weighted by atomic mass is 9.54. The summed E-state index contributed by atoms with van der Waals surface area (Å²) >= 11 is 0. The molecule has 5 unspecified atom stereocenters. The summed E-state index contributed by atoms with van der Waals surface area (Å²) in [5, 5.41) is 30.6. The molecule has 31 heavy (non-hydrogen) atoms. The van der Waals surface area contributed by atoms with E-state index in [2.05, 4.69) is 0 Å². The molecule has 0 radical (unpaired) electrons. The summed E-state index contributed by atoms with van der Waals surface area (Å²) in [4.78, 5) is 0. The summed E-state index contributed by atoms with van der Waals surface area (Å²) in [6, 6.07) is 7.69. The fraction of sp³-hybridized carbons (Fsp3) is 0.680. The SMILES string of the molecule is CCC1OC(Oc2cccc(C(OC)=C3C4CC5CC(C4)CC3C5)c2)C(O)C(O)C1O. The number of hydrogen-bond acceptors (Lipinski definition) is 6. The van der Waals surface area contributed by atoms with Crippen LogP contribution >= 0.6 is 0 Å². The van der Waals surface area contributed by atoms with Crippen molar-refractivity contribution < 1.29 is 29.5 Å². The third-order valence-electron chi connectivity index (χ3n) is 7.90. The van der Waals surface area contributed by atoms with Gasteiger partial charge in [0.1, 0.15) is 29.8 Å². The highest BCUT2D eigenvalue weighted by molar-refractivity contribution is 5.66. The first-order valence-corrected chi connectivity index (χ1v) is 11.7. The molecule has 1 aromatic carbocycles. The van der Waals surface area contributed by atoms with Crippen molar-refractivity contribution in [3.8, 4) is 5.75 Å². The van der Waals surface area contributed by atoms with Crippen LogP contribution in [-0.2, 0) is 9.47 Å². The average molecular weight is 431 g/mol. The maximum atomic E-state index is 10.4. The van der Waals surface area contributed by atoms with E-state index in [9.17, 15) is 15.3 Å². The average Bonchev–Trinajstić information content (AvgIpc) is 2.76. The highest BCUT2D eigenvalue weighted by atomic mass is 16.7. The molecule has 3 N–H and O–H groups in total. The standard InChI is InChI=1S/C25H34O6/c1-3-19-21(26)22(27)23(28)25(31-19)30-18-6-4-5-15(12-18)24(29-2)20-16-8-13-7-14(10-16)11-17(20)9-13/h4-6,12-14,16-17,19,21-23,25-28H,3,7-11H2,1-2H3. The molecule has 5 atom stereocenters. The van der Waals surface area contributed by atoms with Crippen molar-refractivity contribution in [3.05, 3.63) is 35.4 Å². The number of methoxy groups -OCH3 is 1. The second kappa shape index (κ2) is 8.39. The van der Waals surface area contributed by atoms with Gasteiger partial charge < -0.3 is 29.5 Å². The molecular weight excluding hydrogens is 396 g/mol. The van der Waals surface area contributed by atoms with Gasteiger partial charge in [-0.25, -0.2) is 0 Å². The molecule has 1 saturated heterocycles. The van der Waals surface area contributed by atoms with E-state index >= 15 is 0 Å². The van der Waals surface area contributed by atoms with Gasteiger partial charge in [0.25, 0.3) is 0 Å². The van der Waals surface area contributed by atoms with E-state index in [0.717, 1.165) is 23.2 Å². The summed E-state index contributed by atoms with van der Waals surface area (Å²) in [5.74, 6) is 4.53. The number of ether oxygens (including phenoxy) is 3. The van der Waals surface area contributed by atoms with Gasteiger partial charge in [-0.2, -0.15) is 0 Å². The number of allylic oxidation sites excluding steroid dienone is 1. The second-order valence-electron chi connectivity index (χ2n) is 9.86. The summed E-state index contributed by atoms with van der Waals surface area (Å²) in [6.07, 6.45) is 1.66. The van der Waals surface area contributed by atoms with Crippen LogP contribution in [0.5, 0.6) is 5.75 Å². The fourth-order valence-electron chi connectivity index (χ4n) is 6.66. The molecule has 6 heteroatoms. The lowest BCUT2D eigenvalue weighted by molar-refractivity contribution is -0.272. The van der Waals surface area contributed by atoms with Gasteiger partial charge in [-0.15, -0.1) is 0 Å². The van der Waals surface area contributed by atoms with Crippen molar-refractivity contribution in [2.75, 3.05) is 7.11 Å². The van der Waals surface area contributed by atoms with Gasteiger partial charge in [-0.1, -0.05) is 19.1 Å². The Morgan fingerprint density at radius 2 is 1.65 bits per heavy atom. The number of benzene rings is 1. The third kappa shape index (κ3) is 3.78. The first-order chi connectivity index (χ1) is 15.0. The normalized spacial score (nSPS) is 41.3. The molecule has 0 spiro atoms. The van der Waals surface area contributed by atoms with Crippen molar-refractivity contribution in [2.24, 2.45) is 23.7 Å². The lowest BCUT2D eigenvalue weighted by Crippen LogP contribution is -2.58. The number of aliphatic hydroxyl groups is 3. The van der Waals surface area contributed by atoms with Gasteiger partial charge in [0, 0.05) is 5.56 Å². The maximum absolute atomic E-state index is 10.4. The van der Waals surface area contributed by atoms with E-state index in [1.165, 1.54) is 37.7 Å². The van der Waals surface area contributed by atoms with Gasteiger partial charge in [-0.3, -0.25) is 0 Å². The van der Waals surface area contributed by atoms with E-state index in [4.69, 9.17) is 14.2 Å². The van der Waals surface area contributed by atoms with Crippen LogP contribution in [0.1, 0.15) is 51.0 Å². The Labute approximate surface area is 183 Å². The Morgan fingerprint density at radius 1 is 0.968 bits per heavy atom. The molecule has 1 aliphatic heterocycles. The highest BCUT2D eigenvalue weighted by Gasteiger charge is 2.47. The van der Waals surface area contributed by atoms with E-state index in [1.807, 2.05) is 31.2 Å². The van der Waals surface area contributed by atoms with Crippen molar-refractivity contribution in [1.29, 1.82) is 0 Å². The Kier molecular flexibility index (Phi) is 5.76. The largest absolute Gasteiger partial charge is 0.496 e. The highest BCUT2D eigenvalue weighted by Crippen LogP contribution is 2.58. The van der Waals surface area contributed by atoms with Crippen LogP contribution in [-0.4, -0.2) is 53.1 Å². The molecule has 6 rings (SSSR count). The van der Waals surface area contributed by atoms with Crippen LogP contribution in [0.3, 0.4) is 0 Å². The van der Waals surface area contributed by atoms with E-state index in [0.29, 0.717) is 24.0 Å². The molecule has 5 aliphatic rings. The molecule has 4 aliphatic carbocycles. The van der Waals surface area contributed by atoms with Crippen LogP contribution in [0.25, 0.3) is 5.76 Å². The minimum Gasteiger partial charge on any atom is -0.496 e. The molecule has 1 aromatic rings. The Hall–Kier alpha value is -1.60. The molecule has 170 valence electrons. The first kappa shape index (κ1) is 21.3. The zero-order valence-corrected chi connectivity index (χ0v) is 18.3. The summed E-state index contributed by atoms with van der Waals surface area (Å²) < 4.78 is 17.6. The molecular formula is C25H34O6.